The van der Waals surface area contributed by atoms with Gasteiger partial charge in [0.1, 0.15) is 0 Å². The van der Waals surface area contributed by atoms with Crippen LogP contribution in [0.25, 0.3) is 0 Å². The highest BCUT2D eigenvalue weighted by molar-refractivity contribution is 5.92. The Hall–Kier alpha value is -2.70. The lowest BCUT2D eigenvalue weighted by molar-refractivity contribution is -0.467. The topological polar surface area (TPSA) is 98.5 Å². The van der Waals surface area contributed by atoms with Crippen molar-refractivity contribution in [3.63, 3.8) is 0 Å². The van der Waals surface area contributed by atoms with Gasteiger partial charge in [-0.2, -0.15) is 0 Å². The van der Waals surface area contributed by atoms with E-state index in [1.165, 1.54) is 13.2 Å². The van der Waals surface area contributed by atoms with Crippen LogP contribution in [0.5, 0.6) is 0 Å². The molecular weight excluding hydrogens is 264 g/mol. The van der Waals surface area contributed by atoms with Crippen LogP contribution in [0.4, 0.5) is 5.69 Å². The summed E-state index contributed by atoms with van der Waals surface area (Å²) in [4.78, 5) is 31.8. The molecule has 0 saturated carbocycles. The predicted octanol–water partition coefficient (Wildman–Crippen LogP) is 1.17. The molecule has 0 aliphatic heterocycles. The van der Waals surface area contributed by atoms with Crippen LogP contribution in [-0.2, 0) is 20.7 Å². The molecule has 0 atom stereocenters. The average molecular weight is 278 g/mol. The van der Waals surface area contributed by atoms with E-state index in [-0.39, 0.29) is 0 Å². The van der Waals surface area contributed by atoms with Gasteiger partial charge >= 0.3 is 5.97 Å². The predicted molar refractivity (Wildman–Crippen MR) is 71.8 cm³/mol. The molecule has 0 unspecified atom stereocenters. The summed E-state index contributed by atoms with van der Waals surface area (Å²) in [5, 5.41) is 12.7. The molecule has 0 bridgehead atoms. The molecule has 0 aliphatic rings. The summed E-state index contributed by atoms with van der Waals surface area (Å²) in [6, 6.07) is 6.86. The molecular formula is C13H14N2O5. The molecule has 1 aromatic carbocycles. The van der Waals surface area contributed by atoms with Gasteiger partial charge in [0.25, 0.3) is 12.5 Å². The summed E-state index contributed by atoms with van der Waals surface area (Å²) in [7, 11) is 1.28. The highest BCUT2D eigenvalue weighted by Gasteiger charge is 2.11. The average Bonchev–Trinajstić information content (AvgIpc) is 2.39. The second-order valence-electron chi connectivity index (χ2n) is 3.83. The maximum atomic E-state index is 11.4. The minimum absolute atomic E-state index is 0.393. The zero-order chi connectivity index (χ0) is 15.0. The third-order valence-corrected chi connectivity index (χ3v) is 2.36. The van der Waals surface area contributed by atoms with Gasteiger partial charge in [0.2, 0.25) is 0 Å². The lowest BCUT2D eigenvalue weighted by atomic mass is 10.1. The van der Waals surface area contributed by atoms with Gasteiger partial charge in [-0.15, -0.1) is 0 Å². The molecule has 0 radical (unpaired) electrons. The Bertz CT molecular complexity index is 539. The summed E-state index contributed by atoms with van der Waals surface area (Å²) in [6.07, 6.45) is 3.25. The van der Waals surface area contributed by atoms with E-state index in [1.807, 2.05) is 0 Å². The lowest BCUT2D eigenvalue weighted by Crippen LogP contribution is -2.22. The first-order valence-electron chi connectivity index (χ1n) is 5.77. The van der Waals surface area contributed by atoms with E-state index in [1.54, 1.807) is 30.3 Å². The summed E-state index contributed by atoms with van der Waals surface area (Å²) >= 11 is 0. The number of esters is 1. The third-order valence-electron chi connectivity index (χ3n) is 2.36. The van der Waals surface area contributed by atoms with Crippen molar-refractivity contribution >= 4 is 17.6 Å². The van der Waals surface area contributed by atoms with Gasteiger partial charge in [0.15, 0.2) is 0 Å². The normalized spacial score (nSPS) is 10.2. The quantitative estimate of drug-likeness (QED) is 0.364. The van der Waals surface area contributed by atoms with Crippen molar-refractivity contribution in [1.29, 1.82) is 0 Å². The van der Waals surface area contributed by atoms with Crippen LogP contribution in [0.2, 0.25) is 0 Å². The smallest absolute Gasteiger partial charge is 0.330 e. The van der Waals surface area contributed by atoms with Gasteiger partial charge in [-0.1, -0.05) is 24.3 Å². The van der Waals surface area contributed by atoms with Crippen molar-refractivity contribution in [3.8, 4) is 0 Å². The molecule has 0 saturated heterocycles. The maximum absolute atomic E-state index is 11.4. The molecule has 7 nitrogen and oxygen atoms in total. The summed E-state index contributed by atoms with van der Waals surface area (Å²) in [6.45, 7) is -0.785. The molecule has 20 heavy (non-hydrogen) atoms. The van der Waals surface area contributed by atoms with E-state index in [4.69, 9.17) is 0 Å². The highest BCUT2D eigenvalue weighted by Crippen LogP contribution is 2.16. The first-order valence-corrected chi connectivity index (χ1v) is 5.77. The molecule has 0 spiro atoms. The first-order chi connectivity index (χ1) is 9.52. The second-order valence-corrected chi connectivity index (χ2v) is 3.83. The Morgan fingerprint density at radius 3 is 2.75 bits per heavy atom. The third kappa shape index (κ3) is 5.30. The van der Waals surface area contributed by atoms with E-state index in [9.17, 15) is 19.7 Å². The molecule has 106 valence electrons. The largest absolute Gasteiger partial charge is 0.466 e. The minimum Gasteiger partial charge on any atom is -0.466 e. The number of hydrogen-bond donors (Lipinski definition) is 1. The molecule has 0 heterocycles. The fraction of sp³-hybridized carbons (Fsp3) is 0.231. The molecule has 7 heteroatoms. The SMILES string of the molecule is COC(=O)C=CCc1ccccc1NC(=O)C[N+](=O)[O-]. The molecule has 1 N–H and O–H groups in total. The number of rotatable bonds is 6. The number of benzene rings is 1. The molecule has 0 aliphatic carbocycles. The summed E-state index contributed by atoms with van der Waals surface area (Å²) < 4.78 is 4.46. The van der Waals surface area contributed by atoms with Crippen LogP contribution in [0, 0.1) is 10.1 Å². The van der Waals surface area contributed by atoms with Crippen molar-refractivity contribution in [2.75, 3.05) is 19.0 Å². The summed E-state index contributed by atoms with van der Waals surface area (Å²) in [5.41, 5.74) is 1.22. The number of ether oxygens (including phenoxy) is 1. The Labute approximate surface area is 115 Å². The minimum atomic E-state index is -0.785. The van der Waals surface area contributed by atoms with Crippen LogP contribution < -0.4 is 5.32 Å². The van der Waals surface area contributed by atoms with Gasteiger partial charge in [-0.3, -0.25) is 14.9 Å². The van der Waals surface area contributed by atoms with Gasteiger partial charge in [-0.25, -0.2) is 4.79 Å². The number of para-hydroxylation sites is 1. The van der Waals surface area contributed by atoms with Crippen molar-refractivity contribution in [1.82, 2.24) is 0 Å². The van der Waals surface area contributed by atoms with Crippen LogP contribution in [-0.4, -0.2) is 30.5 Å². The lowest BCUT2D eigenvalue weighted by Gasteiger charge is -2.07. The highest BCUT2D eigenvalue weighted by atomic mass is 16.6. The van der Waals surface area contributed by atoms with Crippen molar-refractivity contribution in [3.05, 3.63) is 52.1 Å². The second kappa shape index (κ2) is 7.67. The Morgan fingerprint density at radius 1 is 1.40 bits per heavy atom. The molecule has 1 rings (SSSR count). The van der Waals surface area contributed by atoms with Crippen LogP contribution >= 0.6 is 0 Å². The first kappa shape index (κ1) is 15.4. The zero-order valence-electron chi connectivity index (χ0n) is 10.9. The van der Waals surface area contributed by atoms with Crippen LogP contribution in [0.15, 0.2) is 36.4 Å². The van der Waals surface area contributed by atoms with Crippen LogP contribution in [0.1, 0.15) is 5.56 Å². The monoisotopic (exact) mass is 278 g/mol. The van der Waals surface area contributed by atoms with Crippen LogP contribution in [0.3, 0.4) is 0 Å². The number of nitrogens with one attached hydrogen (secondary N) is 1. The van der Waals surface area contributed by atoms with E-state index in [2.05, 4.69) is 10.1 Å². The van der Waals surface area contributed by atoms with E-state index < -0.39 is 23.3 Å². The van der Waals surface area contributed by atoms with Crippen molar-refractivity contribution < 1.29 is 19.2 Å². The maximum Gasteiger partial charge on any atom is 0.330 e. The number of nitro groups is 1. The Kier molecular flexibility index (Phi) is 5.89. The number of nitrogens with zero attached hydrogens (tertiary/aromatic N) is 1. The number of allylic oxidation sites excluding steroid dienone is 1. The van der Waals surface area contributed by atoms with Gasteiger partial charge in [0.05, 0.1) is 7.11 Å². The van der Waals surface area contributed by atoms with Gasteiger partial charge in [0, 0.05) is 16.7 Å². The number of anilines is 1. The molecule has 1 amide bonds. The fourth-order valence-corrected chi connectivity index (χ4v) is 1.48. The number of carbonyl (C=O) groups excluding carboxylic acids is 2. The van der Waals surface area contributed by atoms with Crippen molar-refractivity contribution in [2.45, 2.75) is 6.42 Å². The fourth-order valence-electron chi connectivity index (χ4n) is 1.48. The number of methoxy groups -OCH3 is 1. The number of carbonyl (C=O) groups is 2. The van der Waals surface area contributed by atoms with Gasteiger partial charge < -0.3 is 10.1 Å². The Balaban J connectivity index is 2.73. The number of hydrogen-bond acceptors (Lipinski definition) is 5. The van der Waals surface area contributed by atoms with E-state index in [0.717, 1.165) is 5.56 Å². The van der Waals surface area contributed by atoms with E-state index >= 15 is 0 Å². The van der Waals surface area contributed by atoms with Gasteiger partial charge in [-0.05, 0) is 18.1 Å². The van der Waals surface area contributed by atoms with E-state index in [0.29, 0.717) is 12.1 Å². The molecule has 0 aromatic heterocycles. The summed E-state index contributed by atoms with van der Waals surface area (Å²) in [5.74, 6) is -1.17. The Morgan fingerprint density at radius 2 is 2.10 bits per heavy atom. The number of amides is 1. The van der Waals surface area contributed by atoms with Crippen molar-refractivity contribution in [2.24, 2.45) is 0 Å². The standard InChI is InChI=1S/C13H14N2O5/c1-20-13(17)8-4-6-10-5-2-3-7-11(10)14-12(16)9-15(18)19/h2-5,7-8H,6,9H2,1H3,(H,14,16). The zero-order valence-corrected chi connectivity index (χ0v) is 10.9. The molecule has 0 fully saturated rings. The molecule has 1 aromatic rings.